The number of hydrogen-bond acceptors (Lipinski definition) is 4. The van der Waals surface area contributed by atoms with Gasteiger partial charge in [0, 0.05) is 17.7 Å². The molecule has 1 aromatic rings. The number of nitrogens with zero attached hydrogens (tertiary/aromatic N) is 2. The minimum absolute atomic E-state index is 0.0736. The average Bonchev–Trinajstić information content (AvgIpc) is 2.27. The predicted octanol–water partition coefficient (Wildman–Crippen LogP) is 3.52. The van der Waals surface area contributed by atoms with Crippen LogP contribution in [0.15, 0.2) is 22.6 Å². The van der Waals surface area contributed by atoms with Crippen molar-refractivity contribution in [3.05, 3.63) is 38.9 Å². The van der Waals surface area contributed by atoms with Gasteiger partial charge in [0.15, 0.2) is 0 Å². The van der Waals surface area contributed by atoms with Crippen LogP contribution in [0.2, 0.25) is 5.02 Å². The number of rotatable bonds is 3. The number of benzene rings is 1. The Morgan fingerprint density at radius 2 is 2.00 bits per heavy atom. The maximum absolute atomic E-state index is 11.9. The Labute approximate surface area is 120 Å². The summed E-state index contributed by atoms with van der Waals surface area (Å²) in [6.07, 6.45) is 0. The van der Waals surface area contributed by atoms with Crippen molar-refractivity contribution in [1.82, 2.24) is 0 Å². The Morgan fingerprint density at radius 1 is 1.42 bits per heavy atom. The van der Waals surface area contributed by atoms with E-state index in [-0.39, 0.29) is 5.69 Å². The summed E-state index contributed by atoms with van der Waals surface area (Å²) in [4.78, 5) is 10.2. The highest BCUT2D eigenvalue weighted by Crippen LogP contribution is 2.24. The Morgan fingerprint density at radius 3 is 2.47 bits per heavy atom. The SMILES string of the molecule is C/C(=N\[S@+]([O-])C(C)(C)C)c1cc([N+](=O)[O-])ccc1Cl. The van der Waals surface area contributed by atoms with Gasteiger partial charge >= 0.3 is 0 Å². The maximum Gasteiger partial charge on any atom is 0.270 e. The van der Waals surface area contributed by atoms with Crippen LogP contribution in [0.4, 0.5) is 5.69 Å². The molecule has 7 heteroatoms. The van der Waals surface area contributed by atoms with E-state index in [1.807, 2.05) is 0 Å². The lowest BCUT2D eigenvalue weighted by Crippen LogP contribution is -2.26. The molecule has 0 spiro atoms. The number of nitro groups is 1. The molecule has 104 valence electrons. The van der Waals surface area contributed by atoms with Crippen LogP contribution in [0.1, 0.15) is 33.3 Å². The summed E-state index contributed by atoms with van der Waals surface area (Å²) in [6.45, 7) is 7.04. The minimum atomic E-state index is -1.43. The van der Waals surface area contributed by atoms with Gasteiger partial charge in [0.2, 0.25) is 0 Å². The standard InChI is InChI=1S/C12H15ClN2O3S/c1-8(14-19(18)12(2,3)4)10-7-9(15(16)17)5-6-11(10)13/h5-7H,1-4H3/b14-8+/t19-/m1/s1. The lowest BCUT2D eigenvalue weighted by molar-refractivity contribution is -0.384. The number of non-ortho nitro benzene ring substituents is 1. The summed E-state index contributed by atoms with van der Waals surface area (Å²) in [5.41, 5.74) is 0.769. The highest BCUT2D eigenvalue weighted by atomic mass is 35.5. The predicted molar refractivity (Wildman–Crippen MR) is 78.2 cm³/mol. The van der Waals surface area contributed by atoms with Gasteiger partial charge in [-0.3, -0.25) is 10.1 Å². The van der Waals surface area contributed by atoms with E-state index in [1.54, 1.807) is 27.7 Å². The lowest BCUT2D eigenvalue weighted by atomic mass is 10.1. The summed E-state index contributed by atoms with van der Waals surface area (Å²) in [5.74, 6) is 0. The molecule has 0 bridgehead atoms. The Bertz CT molecular complexity index is 526. The first-order chi connectivity index (χ1) is 8.62. The van der Waals surface area contributed by atoms with E-state index in [4.69, 9.17) is 11.6 Å². The third kappa shape index (κ3) is 4.19. The molecule has 1 atom stereocenters. The van der Waals surface area contributed by atoms with Crippen LogP contribution in [-0.4, -0.2) is 19.9 Å². The van der Waals surface area contributed by atoms with Crippen LogP contribution in [0.5, 0.6) is 0 Å². The second-order valence-corrected chi connectivity index (χ2v) is 7.27. The van der Waals surface area contributed by atoms with Gasteiger partial charge in [-0.2, -0.15) is 0 Å². The first kappa shape index (κ1) is 15.9. The summed E-state index contributed by atoms with van der Waals surface area (Å²) in [6, 6.07) is 4.09. The molecule has 1 aromatic carbocycles. The molecule has 0 heterocycles. The van der Waals surface area contributed by atoms with Crippen molar-refractivity contribution >= 4 is 34.4 Å². The van der Waals surface area contributed by atoms with Crippen molar-refractivity contribution < 1.29 is 9.48 Å². The lowest BCUT2D eigenvalue weighted by Gasteiger charge is -2.18. The fraction of sp³-hybridized carbons (Fsp3) is 0.417. The Balaban J connectivity index is 3.19. The molecule has 0 N–H and O–H groups in total. The zero-order valence-electron chi connectivity index (χ0n) is 11.1. The van der Waals surface area contributed by atoms with Crippen molar-refractivity contribution in [3.8, 4) is 0 Å². The summed E-state index contributed by atoms with van der Waals surface area (Å²) in [7, 11) is 0. The molecule has 0 unspecified atom stereocenters. The monoisotopic (exact) mass is 302 g/mol. The number of hydrogen-bond donors (Lipinski definition) is 0. The fourth-order valence-electron chi connectivity index (χ4n) is 1.21. The molecule has 0 radical (unpaired) electrons. The molecule has 1 rings (SSSR count). The molecule has 0 aliphatic rings. The van der Waals surface area contributed by atoms with Crippen molar-refractivity contribution in [2.75, 3.05) is 0 Å². The van der Waals surface area contributed by atoms with Crippen molar-refractivity contribution in [2.24, 2.45) is 4.40 Å². The molecular weight excluding hydrogens is 288 g/mol. The van der Waals surface area contributed by atoms with Gasteiger partial charge < -0.3 is 4.55 Å². The molecule has 0 aromatic heterocycles. The van der Waals surface area contributed by atoms with Crippen LogP contribution in [0.3, 0.4) is 0 Å². The van der Waals surface area contributed by atoms with Gasteiger partial charge in [0.25, 0.3) is 5.69 Å². The maximum atomic E-state index is 11.9. The van der Waals surface area contributed by atoms with E-state index in [9.17, 15) is 14.7 Å². The van der Waals surface area contributed by atoms with E-state index in [0.717, 1.165) is 0 Å². The first-order valence-electron chi connectivity index (χ1n) is 5.54. The Hall–Kier alpha value is -1.11. The van der Waals surface area contributed by atoms with Crippen molar-refractivity contribution in [2.45, 2.75) is 32.4 Å². The summed E-state index contributed by atoms with van der Waals surface area (Å²) in [5, 5.41) is 11.1. The third-order valence-electron chi connectivity index (χ3n) is 2.29. The zero-order valence-corrected chi connectivity index (χ0v) is 12.7. The molecule has 0 aliphatic carbocycles. The normalized spacial score (nSPS) is 14.3. The van der Waals surface area contributed by atoms with Gasteiger partial charge in [-0.25, -0.2) is 0 Å². The zero-order chi connectivity index (χ0) is 14.8. The molecule has 19 heavy (non-hydrogen) atoms. The van der Waals surface area contributed by atoms with Crippen LogP contribution in [0, 0.1) is 10.1 Å². The molecule has 0 saturated carbocycles. The van der Waals surface area contributed by atoms with Gasteiger partial charge in [0.1, 0.15) is 16.1 Å². The highest BCUT2D eigenvalue weighted by Gasteiger charge is 2.27. The summed E-state index contributed by atoms with van der Waals surface area (Å²) >= 11 is 4.56. The molecule has 5 nitrogen and oxygen atoms in total. The van der Waals surface area contributed by atoms with E-state index in [0.29, 0.717) is 16.3 Å². The van der Waals surface area contributed by atoms with Gasteiger partial charge in [-0.1, -0.05) is 16.0 Å². The molecule has 0 aliphatic heterocycles. The topological polar surface area (TPSA) is 78.6 Å². The van der Waals surface area contributed by atoms with E-state index in [1.165, 1.54) is 18.2 Å². The van der Waals surface area contributed by atoms with Gasteiger partial charge in [-0.15, -0.1) is 0 Å². The highest BCUT2D eigenvalue weighted by molar-refractivity contribution is 7.91. The van der Waals surface area contributed by atoms with Crippen LogP contribution < -0.4 is 0 Å². The molecule has 0 fully saturated rings. The van der Waals surface area contributed by atoms with Crippen LogP contribution in [0.25, 0.3) is 0 Å². The van der Waals surface area contributed by atoms with Crippen LogP contribution >= 0.6 is 11.6 Å². The van der Waals surface area contributed by atoms with E-state index in [2.05, 4.69) is 4.40 Å². The molecular formula is C12H15ClN2O3S. The van der Waals surface area contributed by atoms with Crippen molar-refractivity contribution in [1.29, 1.82) is 0 Å². The largest absolute Gasteiger partial charge is 0.591 e. The average molecular weight is 303 g/mol. The van der Waals surface area contributed by atoms with Crippen molar-refractivity contribution in [3.63, 3.8) is 0 Å². The van der Waals surface area contributed by atoms with Crippen LogP contribution in [-0.2, 0) is 11.4 Å². The minimum Gasteiger partial charge on any atom is -0.591 e. The van der Waals surface area contributed by atoms with Gasteiger partial charge in [0.05, 0.1) is 15.7 Å². The summed E-state index contributed by atoms with van der Waals surface area (Å²) < 4.78 is 15.5. The van der Waals surface area contributed by atoms with E-state index < -0.39 is 21.0 Å². The second-order valence-electron chi connectivity index (χ2n) is 4.96. The quantitative estimate of drug-likeness (QED) is 0.371. The second kappa shape index (κ2) is 5.90. The van der Waals surface area contributed by atoms with Gasteiger partial charge in [-0.05, 0) is 33.8 Å². The Kier molecular flexibility index (Phi) is 4.95. The fourth-order valence-corrected chi connectivity index (χ4v) is 2.09. The number of halogens is 1. The molecule has 0 saturated heterocycles. The number of nitro benzene ring substituents is 1. The third-order valence-corrected chi connectivity index (χ3v) is 4.11. The van der Waals surface area contributed by atoms with E-state index >= 15 is 0 Å². The first-order valence-corrected chi connectivity index (χ1v) is 7.03. The molecule has 0 amide bonds. The smallest absolute Gasteiger partial charge is 0.270 e.